The second-order valence-corrected chi connectivity index (χ2v) is 5.66. The number of anilines is 1. The average Bonchev–Trinajstić information content (AvgIpc) is 2.49. The number of rotatable bonds is 3. The maximum absolute atomic E-state index is 10.9. The molecule has 1 saturated heterocycles. The van der Waals surface area contributed by atoms with Gasteiger partial charge in [-0.3, -0.25) is 4.68 Å². The summed E-state index contributed by atoms with van der Waals surface area (Å²) in [7, 11) is -2.74. The van der Waals surface area contributed by atoms with Crippen molar-refractivity contribution in [3.05, 3.63) is 12.4 Å². The van der Waals surface area contributed by atoms with E-state index in [1.165, 1.54) is 0 Å². The third kappa shape index (κ3) is 1.89. The molecule has 1 aliphatic rings. The lowest BCUT2D eigenvalue weighted by Crippen LogP contribution is -2.46. The molecule has 5 nitrogen and oxygen atoms in total. The molecule has 0 radical (unpaired) electrons. The van der Waals surface area contributed by atoms with Crippen LogP contribution < -0.4 is 5.32 Å². The monoisotopic (exact) mass is 215 g/mol. The van der Waals surface area contributed by atoms with Crippen LogP contribution >= 0.6 is 0 Å². The quantitative estimate of drug-likeness (QED) is 0.777. The first-order valence-electron chi connectivity index (χ1n) is 4.58. The summed E-state index contributed by atoms with van der Waals surface area (Å²) in [6.45, 7) is 2.83. The SMILES string of the molecule is CCn1cc(NC2CS(=O)(=O)C2)cn1. The van der Waals surface area contributed by atoms with Gasteiger partial charge in [-0.1, -0.05) is 0 Å². The zero-order valence-electron chi connectivity index (χ0n) is 7.97. The van der Waals surface area contributed by atoms with Crippen LogP contribution in [0.25, 0.3) is 0 Å². The molecule has 1 aromatic rings. The highest BCUT2D eigenvalue weighted by atomic mass is 32.2. The van der Waals surface area contributed by atoms with Crippen LogP contribution in [0.3, 0.4) is 0 Å². The Morgan fingerprint density at radius 1 is 1.64 bits per heavy atom. The van der Waals surface area contributed by atoms with Gasteiger partial charge in [0, 0.05) is 12.7 Å². The molecule has 2 rings (SSSR count). The van der Waals surface area contributed by atoms with E-state index in [1.807, 2.05) is 13.1 Å². The van der Waals surface area contributed by atoms with E-state index >= 15 is 0 Å². The fourth-order valence-corrected chi connectivity index (χ4v) is 2.79. The number of sulfone groups is 1. The van der Waals surface area contributed by atoms with Crippen LogP contribution in [0.15, 0.2) is 12.4 Å². The van der Waals surface area contributed by atoms with Crippen LogP contribution in [-0.2, 0) is 16.4 Å². The molecule has 0 bridgehead atoms. The lowest BCUT2D eigenvalue weighted by Gasteiger charge is -2.26. The Bertz CT molecular complexity index is 412. The minimum Gasteiger partial charge on any atom is -0.378 e. The molecule has 0 unspecified atom stereocenters. The summed E-state index contributed by atoms with van der Waals surface area (Å²) in [4.78, 5) is 0. The molecule has 0 atom stereocenters. The van der Waals surface area contributed by atoms with Crippen molar-refractivity contribution in [1.29, 1.82) is 0 Å². The minimum absolute atomic E-state index is 0.0644. The molecule has 0 saturated carbocycles. The number of nitrogens with zero attached hydrogens (tertiary/aromatic N) is 2. The summed E-state index contributed by atoms with van der Waals surface area (Å²) in [5, 5.41) is 7.21. The summed E-state index contributed by atoms with van der Waals surface area (Å²) in [6, 6.07) is 0.0644. The molecule has 14 heavy (non-hydrogen) atoms. The van der Waals surface area contributed by atoms with Gasteiger partial charge in [0.05, 0.1) is 29.4 Å². The van der Waals surface area contributed by atoms with Gasteiger partial charge in [0.15, 0.2) is 9.84 Å². The number of nitrogens with one attached hydrogen (secondary N) is 1. The van der Waals surface area contributed by atoms with Crippen LogP contribution in [0.4, 0.5) is 5.69 Å². The minimum atomic E-state index is -2.74. The lowest BCUT2D eigenvalue weighted by atomic mass is 10.3. The van der Waals surface area contributed by atoms with Crippen molar-refractivity contribution in [1.82, 2.24) is 9.78 Å². The van der Waals surface area contributed by atoms with Gasteiger partial charge in [0.25, 0.3) is 0 Å². The van der Waals surface area contributed by atoms with Crippen molar-refractivity contribution in [2.24, 2.45) is 0 Å². The van der Waals surface area contributed by atoms with Gasteiger partial charge in [0.1, 0.15) is 0 Å². The summed E-state index contributed by atoms with van der Waals surface area (Å²) in [6.07, 6.45) is 3.60. The molecule has 0 aliphatic carbocycles. The van der Waals surface area contributed by atoms with E-state index in [4.69, 9.17) is 0 Å². The molecule has 1 aromatic heterocycles. The molecular formula is C8H13N3O2S. The molecule has 1 N–H and O–H groups in total. The van der Waals surface area contributed by atoms with E-state index < -0.39 is 9.84 Å². The van der Waals surface area contributed by atoms with E-state index in [-0.39, 0.29) is 17.5 Å². The first kappa shape index (κ1) is 9.51. The normalized spacial score (nSPS) is 20.4. The van der Waals surface area contributed by atoms with Crippen molar-refractivity contribution in [3.8, 4) is 0 Å². The zero-order chi connectivity index (χ0) is 10.2. The van der Waals surface area contributed by atoms with E-state index in [2.05, 4.69) is 10.4 Å². The van der Waals surface area contributed by atoms with Crippen LogP contribution in [-0.4, -0.2) is 35.7 Å². The third-order valence-electron chi connectivity index (χ3n) is 2.24. The van der Waals surface area contributed by atoms with E-state index in [9.17, 15) is 8.42 Å². The third-order valence-corrected chi connectivity index (χ3v) is 4.06. The predicted molar refractivity (Wildman–Crippen MR) is 54.0 cm³/mol. The standard InChI is InChI=1S/C8H13N3O2S/c1-2-11-4-7(3-9-11)10-8-5-14(12,13)6-8/h3-4,8,10H,2,5-6H2,1H3. The summed E-state index contributed by atoms with van der Waals surface area (Å²) in [5.74, 6) is 0.481. The van der Waals surface area contributed by atoms with Gasteiger partial charge in [-0.15, -0.1) is 0 Å². The summed E-state index contributed by atoms with van der Waals surface area (Å²) in [5.41, 5.74) is 0.895. The Morgan fingerprint density at radius 3 is 2.86 bits per heavy atom. The lowest BCUT2D eigenvalue weighted by molar-refractivity contribution is 0.570. The van der Waals surface area contributed by atoms with E-state index in [0.29, 0.717) is 0 Å². The zero-order valence-corrected chi connectivity index (χ0v) is 8.79. The fraction of sp³-hybridized carbons (Fsp3) is 0.625. The Labute approximate surface area is 83.0 Å². The predicted octanol–water partition coefficient (Wildman–Crippen LogP) is 0.112. The van der Waals surface area contributed by atoms with Crippen molar-refractivity contribution in [2.75, 3.05) is 16.8 Å². The fourth-order valence-electron chi connectivity index (χ4n) is 1.49. The molecule has 2 heterocycles. The molecule has 78 valence electrons. The van der Waals surface area contributed by atoms with E-state index in [1.54, 1.807) is 10.9 Å². The highest BCUT2D eigenvalue weighted by molar-refractivity contribution is 7.92. The number of hydrogen-bond donors (Lipinski definition) is 1. The molecular weight excluding hydrogens is 202 g/mol. The largest absolute Gasteiger partial charge is 0.378 e. The van der Waals surface area contributed by atoms with Gasteiger partial charge in [0.2, 0.25) is 0 Å². The smallest absolute Gasteiger partial charge is 0.154 e. The van der Waals surface area contributed by atoms with Crippen molar-refractivity contribution in [2.45, 2.75) is 19.5 Å². The van der Waals surface area contributed by atoms with Gasteiger partial charge in [-0.05, 0) is 6.92 Å². The van der Waals surface area contributed by atoms with Crippen molar-refractivity contribution in [3.63, 3.8) is 0 Å². The Kier molecular flexibility index (Phi) is 2.22. The maximum Gasteiger partial charge on any atom is 0.154 e. The Hall–Kier alpha value is -1.04. The summed E-state index contributed by atoms with van der Waals surface area (Å²) < 4.78 is 23.6. The van der Waals surface area contributed by atoms with Crippen LogP contribution in [0.2, 0.25) is 0 Å². The maximum atomic E-state index is 10.9. The molecule has 6 heteroatoms. The average molecular weight is 215 g/mol. The molecule has 0 amide bonds. The second kappa shape index (κ2) is 3.27. The molecule has 0 spiro atoms. The van der Waals surface area contributed by atoms with E-state index in [0.717, 1.165) is 12.2 Å². The highest BCUT2D eigenvalue weighted by Crippen LogP contribution is 2.16. The molecule has 0 aromatic carbocycles. The van der Waals surface area contributed by atoms with Gasteiger partial charge < -0.3 is 5.32 Å². The first-order valence-corrected chi connectivity index (χ1v) is 6.40. The van der Waals surface area contributed by atoms with Crippen molar-refractivity contribution < 1.29 is 8.42 Å². The van der Waals surface area contributed by atoms with Gasteiger partial charge in [-0.25, -0.2) is 8.42 Å². The Balaban J connectivity index is 1.93. The van der Waals surface area contributed by atoms with Gasteiger partial charge >= 0.3 is 0 Å². The molecule has 1 fully saturated rings. The highest BCUT2D eigenvalue weighted by Gasteiger charge is 2.33. The first-order chi connectivity index (χ1) is 6.59. The Morgan fingerprint density at radius 2 is 2.36 bits per heavy atom. The molecule has 1 aliphatic heterocycles. The van der Waals surface area contributed by atoms with Crippen LogP contribution in [0.1, 0.15) is 6.92 Å². The number of hydrogen-bond acceptors (Lipinski definition) is 4. The second-order valence-electron chi connectivity index (χ2n) is 3.50. The topological polar surface area (TPSA) is 64.0 Å². The number of aromatic nitrogens is 2. The summed E-state index contributed by atoms with van der Waals surface area (Å²) >= 11 is 0. The van der Waals surface area contributed by atoms with Crippen molar-refractivity contribution >= 4 is 15.5 Å². The van der Waals surface area contributed by atoms with Gasteiger partial charge in [-0.2, -0.15) is 5.10 Å². The van der Waals surface area contributed by atoms with Crippen LogP contribution in [0.5, 0.6) is 0 Å². The number of aryl methyl sites for hydroxylation is 1. The van der Waals surface area contributed by atoms with Crippen LogP contribution in [0, 0.1) is 0 Å².